The van der Waals surface area contributed by atoms with Gasteiger partial charge in [-0.15, -0.1) is 0 Å². The summed E-state index contributed by atoms with van der Waals surface area (Å²) in [6.07, 6.45) is 0. The first kappa shape index (κ1) is 9.37. The molecule has 0 aromatic carbocycles. The molecule has 0 aliphatic heterocycles. The van der Waals surface area contributed by atoms with E-state index in [1.165, 1.54) is 0 Å². The molecule has 0 unspecified atom stereocenters. The topological polar surface area (TPSA) is 53.4 Å². The Morgan fingerprint density at radius 3 is 2.50 bits per heavy atom. The number of hydrogen-bond acceptors (Lipinski definition) is 3. The maximum absolute atomic E-state index is 12.5. The molecule has 1 rings (SSSR count). The highest BCUT2D eigenvalue weighted by atomic mass is 35.5. The molecule has 0 bridgehead atoms. The molecule has 0 fully saturated rings. The minimum absolute atomic E-state index is 0.443. The Morgan fingerprint density at radius 2 is 2.00 bits per heavy atom. The SMILES string of the molecule is OB(O)c1cc(F)nc(F)c1Cl. The van der Waals surface area contributed by atoms with Crippen LogP contribution in [0, 0.1) is 11.9 Å². The van der Waals surface area contributed by atoms with Crippen molar-refractivity contribution >= 4 is 24.2 Å². The van der Waals surface area contributed by atoms with Gasteiger partial charge in [0.1, 0.15) is 0 Å². The van der Waals surface area contributed by atoms with Crippen LogP contribution in [0.1, 0.15) is 0 Å². The van der Waals surface area contributed by atoms with Crippen LogP contribution >= 0.6 is 11.6 Å². The fraction of sp³-hybridized carbons (Fsp3) is 0. The lowest BCUT2D eigenvalue weighted by Crippen LogP contribution is -2.32. The van der Waals surface area contributed by atoms with Crippen LogP contribution in [0.3, 0.4) is 0 Å². The second-order valence-electron chi connectivity index (χ2n) is 2.01. The summed E-state index contributed by atoms with van der Waals surface area (Å²) in [6.45, 7) is 0. The zero-order valence-electron chi connectivity index (χ0n) is 5.63. The molecule has 0 saturated heterocycles. The average molecular weight is 193 g/mol. The van der Waals surface area contributed by atoms with Crippen molar-refractivity contribution in [3.8, 4) is 0 Å². The second kappa shape index (κ2) is 3.34. The van der Waals surface area contributed by atoms with Gasteiger partial charge in [-0.3, -0.25) is 0 Å². The smallest absolute Gasteiger partial charge is 0.423 e. The third-order valence-electron chi connectivity index (χ3n) is 1.19. The van der Waals surface area contributed by atoms with E-state index < -0.39 is 29.5 Å². The molecule has 2 N–H and O–H groups in total. The van der Waals surface area contributed by atoms with Gasteiger partial charge >= 0.3 is 7.12 Å². The molecule has 0 aliphatic rings. The number of halogens is 3. The summed E-state index contributed by atoms with van der Waals surface area (Å²) in [5.41, 5.74) is -0.443. The van der Waals surface area contributed by atoms with Crippen molar-refractivity contribution < 1.29 is 18.8 Å². The third kappa shape index (κ3) is 1.71. The number of nitrogens with zero attached hydrogens (tertiary/aromatic N) is 1. The van der Waals surface area contributed by atoms with Gasteiger partial charge in [-0.25, -0.2) is 0 Å². The molecule has 0 aliphatic carbocycles. The first-order chi connectivity index (χ1) is 5.52. The molecule has 0 saturated carbocycles. The highest BCUT2D eigenvalue weighted by molar-refractivity contribution is 6.62. The molecule has 0 radical (unpaired) electrons. The van der Waals surface area contributed by atoms with Gasteiger partial charge in [0.2, 0.25) is 11.9 Å². The minimum Gasteiger partial charge on any atom is -0.423 e. The molecular formula is C5H3BClF2NO2. The van der Waals surface area contributed by atoms with E-state index in [0.717, 1.165) is 0 Å². The van der Waals surface area contributed by atoms with Crippen LogP contribution < -0.4 is 5.46 Å². The first-order valence-electron chi connectivity index (χ1n) is 2.90. The Morgan fingerprint density at radius 1 is 1.42 bits per heavy atom. The number of aromatic nitrogens is 1. The Balaban J connectivity index is 3.28. The number of rotatable bonds is 1. The van der Waals surface area contributed by atoms with Crippen molar-refractivity contribution in [2.75, 3.05) is 0 Å². The molecule has 0 amide bonds. The Labute approximate surface area is 71.8 Å². The fourth-order valence-electron chi connectivity index (χ4n) is 0.674. The lowest BCUT2D eigenvalue weighted by atomic mass is 9.81. The van der Waals surface area contributed by atoms with Gasteiger partial charge in [0.25, 0.3) is 0 Å². The predicted octanol–water partition coefficient (Wildman–Crippen LogP) is -0.307. The van der Waals surface area contributed by atoms with Gasteiger partial charge in [0.05, 0.1) is 5.02 Å². The van der Waals surface area contributed by atoms with E-state index in [1.54, 1.807) is 0 Å². The molecule has 12 heavy (non-hydrogen) atoms. The summed E-state index contributed by atoms with van der Waals surface area (Å²) in [5, 5.41) is 16.5. The van der Waals surface area contributed by atoms with Crippen LogP contribution in [0.15, 0.2) is 6.07 Å². The van der Waals surface area contributed by atoms with Crippen molar-refractivity contribution in [2.24, 2.45) is 0 Å². The van der Waals surface area contributed by atoms with E-state index in [4.69, 9.17) is 21.6 Å². The van der Waals surface area contributed by atoms with E-state index in [2.05, 4.69) is 4.98 Å². The maximum Gasteiger partial charge on any atom is 0.490 e. The standard InChI is InChI=1S/C5H3BClF2NO2/c7-4-2(6(11)12)1-3(8)10-5(4)9/h1,11-12H. The molecular weight excluding hydrogens is 190 g/mol. The van der Waals surface area contributed by atoms with Gasteiger partial charge in [-0.2, -0.15) is 13.8 Å². The summed E-state index contributed by atoms with van der Waals surface area (Å²) < 4.78 is 24.8. The summed E-state index contributed by atoms with van der Waals surface area (Å²) in [6, 6.07) is 0.649. The molecule has 1 aromatic rings. The summed E-state index contributed by atoms with van der Waals surface area (Å²) in [7, 11) is -2.01. The quantitative estimate of drug-likeness (QED) is 0.475. The predicted molar refractivity (Wildman–Crippen MR) is 39.0 cm³/mol. The molecule has 0 spiro atoms. The van der Waals surface area contributed by atoms with E-state index in [9.17, 15) is 8.78 Å². The lowest BCUT2D eigenvalue weighted by molar-refractivity contribution is 0.424. The summed E-state index contributed by atoms with van der Waals surface area (Å²) in [4.78, 5) is 2.73. The van der Waals surface area contributed by atoms with Gasteiger partial charge in [0.15, 0.2) is 0 Å². The Hall–Kier alpha value is -0.715. The first-order valence-corrected chi connectivity index (χ1v) is 3.27. The van der Waals surface area contributed by atoms with Crippen molar-refractivity contribution in [2.45, 2.75) is 0 Å². The zero-order valence-corrected chi connectivity index (χ0v) is 6.39. The van der Waals surface area contributed by atoms with E-state index in [1.807, 2.05) is 0 Å². The molecule has 3 nitrogen and oxygen atoms in total. The molecule has 0 atom stereocenters. The van der Waals surface area contributed by atoms with Crippen LogP contribution in [0.2, 0.25) is 5.02 Å². The van der Waals surface area contributed by atoms with Crippen molar-refractivity contribution in [1.29, 1.82) is 0 Å². The van der Waals surface area contributed by atoms with Crippen LogP contribution in [0.4, 0.5) is 8.78 Å². The van der Waals surface area contributed by atoms with Crippen molar-refractivity contribution in [3.63, 3.8) is 0 Å². The van der Waals surface area contributed by atoms with E-state index in [0.29, 0.717) is 6.07 Å². The van der Waals surface area contributed by atoms with Crippen molar-refractivity contribution in [1.82, 2.24) is 4.98 Å². The highest BCUT2D eigenvalue weighted by Gasteiger charge is 2.20. The maximum atomic E-state index is 12.5. The van der Waals surface area contributed by atoms with Crippen LogP contribution in [0.25, 0.3) is 0 Å². The summed E-state index contributed by atoms with van der Waals surface area (Å²) >= 11 is 5.24. The van der Waals surface area contributed by atoms with E-state index in [-0.39, 0.29) is 0 Å². The Kier molecular flexibility index (Phi) is 2.61. The van der Waals surface area contributed by atoms with Crippen molar-refractivity contribution in [3.05, 3.63) is 23.0 Å². The average Bonchev–Trinajstić information content (AvgIpc) is 1.96. The van der Waals surface area contributed by atoms with Gasteiger partial charge in [-0.1, -0.05) is 11.6 Å². The fourth-order valence-corrected chi connectivity index (χ4v) is 0.868. The van der Waals surface area contributed by atoms with Crippen LogP contribution in [-0.4, -0.2) is 22.2 Å². The van der Waals surface area contributed by atoms with Gasteiger partial charge < -0.3 is 10.0 Å². The van der Waals surface area contributed by atoms with Gasteiger partial charge in [0, 0.05) is 5.46 Å². The largest absolute Gasteiger partial charge is 0.490 e. The van der Waals surface area contributed by atoms with E-state index >= 15 is 0 Å². The lowest BCUT2D eigenvalue weighted by Gasteiger charge is -2.02. The normalized spacial score (nSPS) is 10.1. The number of hydrogen-bond donors (Lipinski definition) is 2. The second-order valence-corrected chi connectivity index (χ2v) is 2.39. The molecule has 64 valence electrons. The minimum atomic E-state index is -2.01. The third-order valence-corrected chi connectivity index (χ3v) is 1.57. The monoisotopic (exact) mass is 193 g/mol. The van der Waals surface area contributed by atoms with Gasteiger partial charge in [-0.05, 0) is 6.07 Å². The number of pyridine rings is 1. The Bertz CT molecular complexity index is 310. The zero-order chi connectivity index (χ0) is 9.30. The molecule has 1 heterocycles. The van der Waals surface area contributed by atoms with Crippen LogP contribution in [-0.2, 0) is 0 Å². The highest BCUT2D eigenvalue weighted by Crippen LogP contribution is 2.09. The molecule has 1 aromatic heterocycles. The molecule has 7 heteroatoms. The van der Waals surface area contributed by atoms with Crippen LogP contribution in [0.5, 0.6) is 0 Å². The summed E-state index contributed by atoms with van der Waals surface area (Å²) in [5.74, 6) is -2.42.